The van der Waals surface area contributed by atoms with E-state index < -0.39 is 327 Å². The smallest absolute Gasteiger partial charge is 0.0782 e. The molecule has 0 N–H and O–H groups in total. The molecule has 3 heteroatoms. The first-order valence-corrected chi connectivity index (χ1v) is 18.8. The lowest BCUT2D eigenvalue weighted by atomic mass is 9.95. The lowest BCUT2D eigenvalue weighted by molar-refractivity contribution is 1.13. The molecule has 13 aromatic rings. The number of hydrogen-bond acceptors (Lipinski definition) is 0. The van der Waals surface area contributed by atoms with Crippen molar-refractivity contribution in [3.05, 3.63) is 236 Å². The van der Waals surface area contributed by atoms with Gasteiger partial charge < -0.3 is 13.7 Å². The van der Waals surface area contributed by atoms with Crippen molar-refractivity contribution in [3.63, 3.8) is 0 Å². The van der Waals surface area contributed by atoms with Gasteiger partial charge in [0.1, 0.15) is 0 Å². The van der Waals surface area contributed by atoms with Crippen LogP contribution >= 0.6 is 0 Å². The minimum Gasteiger partial charge on any atom is -0.309 e. The van der Waals surface area contributed by atoms with Crippen LogP contribution in [0.25, 0.3) is 116 Å². The number of fused-ring (bicyclic) bond motifs is 9. The molecule has 0 spiro atoms. The van der Waals surface area contributed by atoms with Gasteiger partial charge in [-0.2, -0.15) is 0 Å². The Morgan fingerprint density at radius 2 is 0.730 bits per heavy atom. The maximum atomic E-state index is 10.1. The Morgan fingerprint density at radius 3 is 1.43 bits per heavy atom. The van der Waals surface area contributed by atoms with Gasteiger partial charge in [0.15, 0.2) is 0 Å². The SMILES string of the molecule is [2H]c1cc([2H])c2c3c(-n4c5c([2H])c([2H])c([2H])c([2H])c5c5c([2H])c([2H])c([2H])c([2H])c54)c([2H])c([2H])c([2H])c3n(-c3c([2H])c([2H])c([2H])c4c5c([2H])c([2H])c([2H])c([2H])c5n(-c5cc(-c6c([2H])c([2H])c([2H])c([2H])c6[2H])cc(-c6c([2H])c([2H])c([2H])c(-c7c([2H])c([2H])c([2H])c([2H])c7[2H])c6[2H])c5)c34)c2c1[2H]. The summed E-state index contributed by atoms with van der Waals surface area (Å²) in [5.41, 5.74) is -10.1. The van der Waals surface area contributed by atoms with Crippen molar-refractivity contribution in [2.75, 3.05) is 0 Å². The molecule has 13 rings (SSSR count). The molecule has 0 radical (unpaired) electrons. The van der Waals surface area contributed by atoms with E-state index in [1.165, 1.54) is 0 Å². The van der Waals surface area contributed by atoms with Crippen molar-refractivity contribution >= 4 is 65.4 Å². The molecule has 0 bridgehead atoms. The molecule has 0 aliphatic carbocycles. The third-order valence-electron chi connectivity index (χ3n) is 10.6. The normalized spacial score (nSPS) is 19.6. The van der Waals surface area contributed by atoms with Crippen LogP contribution in [0.15, 0.2) is 236 Å². The Kier molecular flexibility index (Phi) is 3.40. The maximum Gasteiger partial charge on any atom is 0.0782 e. The van der Waals surface area contributed by atoms with Gasteiger partial charge in [0.05, 0.1) is 92.5 Å². The van der Waals surface area contributed by atoms with E-state index in [4.69, 9.17) is 26.0 Å². The minimum absolute atomic E-state index is 0.462. The summed E-state index contributed by atoms with van der Waals surface area (Å²) in [5.74, 6) is 0. The average Bonchev–Trinajstić information content (AvgIpc) is 1.51. The highest BCUT2D eigenvalue weighted by Gasteiger charge is 2.23. The summed E-state index contributed by atoms with van der Waals surface area (Å²) in [6, 6.07) is -28.7. The van der Waals surface area contributed by atoms with E-state index >= 15 is 0 Å². The van der Waals surface area contributed by atoms with Crippen molar-refractivity contribution in [2.24, 2.45) is 0 Å². The molecule has 0 aliphatic heterocycles. The summed E-state index contributed by atoms with van der Waals surface area (Å²) in [7, 11) is 0. The zero-order valence-electron chi connectivity index (χ0n) is 66.7. The molecule has 0 unspecified atom stereocenters. The van der Waals surface area contributed by atoms with Crippen LogP contribution in [-0.2, 0) is 0 Å². The Morgan fingerprint density at radius 1 is 0.286 bits per heavy atom. The summed E-state index contributed by atoms with van der Waals surface area (Å²) in [6.45, 7) is 0. The Bertz CT molecular complexity index is 5870. The van der Waals surface area contributed by atoms with E-state index in [-0.39, 0.29) is 0 Å². The summed E-state index contributed by atoms with van der Waals surface area (Å²) in [4.78, 5) is 0. The van der Waals surface area contributed by atoms with E-state index in [0.29, 0.717) is 0 Å². The second kappa shape index (κ2) is 14.1. The number of rotatable bonds is 6. The highest BCUT2D eigenvalue weighted by molar-refractivity contribution is 6.18. The van der Waals surface area contributed by atoms with Crippen LogP contribution in [-0.4, -0.2) is 13.7 Å². The molecule has 10 aromatic carbocycles. The van der Waals surface area contributed by atoms with Crippen LogP contribution in [0.3, 0.4) is 0 Å². The number of hydrogen-bond donors (Lipinski definition) is 0. The minimum atomic E-state index is -1.10. The molecule has 0 aliphatic rings. The summed E-state index contributed by atoms with van der Waals surface area (Å²) in [6.07, 6.45) is 0. The molecule has 0 saturated heterocycles. The van der Waals surface area contributed by atoms with Crippen LogP contribution in [0.2, 0.25) is 0 Å². The molecule has 0 amide bonds. The Hall–Kier alpha value is -8.40. The third kappa shape index (κ3) is 5.46. The fraction of sp³-hybridized carbons (Fsp3) is 0. The molecule has 3 aromatic heterocycles. The van der Waals surface area contributed by atoms with Gasteiger partial charge in [0, 0.05) is 38.0 Å². The predicted molar refractivity (Wildman–Crippen MR) is 266 cm³/mol. The van der Waals surface area contributed by atoms with E-state index in [9.17, 15) is 21.9 Å². The lowest BCUT2D eigenvalue weighted by Crippen LogP contribution is -2.01. The van der Waals surface area contributed by atoms with Gasteiger partial charge in [-0.05, 0) is 99.9 Å². The Labute approximate surface area is 413 Å². The van der Waals surface area contributed by atoms with Gasteiger partial charge in [0.2, 0.25) is 0 Å². The maximum absolute atomic E-state index is 10.1. The fourth-order valence-corrected chi connectivity index (χ4v) is 8.03. The van der Waals surface area contributed by atoms with Crippen LogP contribution in [0.1, 0.15) is 48.0 Å². The predicted octanol–water partition coefficient (Wildman–Crippen LogP) is 16.0. The molecule has 0 saturated carbocycles. The van der Waals surface area contributed by atoms with Gasteiger partial charge >= 0.3 is 0 Å². The largest absolute Gasteiger partial charge is 0.309 e. The summed E-state index contributed by atoms with van der Waals surface area (Å²) < 4.78 is 325. The molecular formula is C60H39N3. The van der Waals surface area contributed by atoms with E-state index in [2.05, 4.69) is 0 Å². The van der Waals surface area contributed by atoms with Crippen molar-refractivity contribution in [3.8, 4) is 50.4 Å². The number of benzene rings is 10. The molecule has 0 fully saturated rings. The average molecular weight is 837 g/mol. The molecule has 3 heterocycles. The summed E-state index contributed by atoms with van der Waals surface area (Å²) >= 11 is 0. The fourth-order valence-electron chi connectivity index (χ4n) is 8.03. The monoisotopic (exact) mass is 837 g/mol. The molecule has 63 heavy (non-hydrogen) atoms. The van der Waals surface area contributed by atoms with Gasteiger partial charge in [-0.15, -0.1) is 0 Å². The van der Waals surface area contributed by atoms with Crippen LogP contribution < -0.4 is 0 Å². The first-order chi connectivity index (χ1) is 45.8. The van der Waals surface area contributed by atoms with Gasteiger partial charge in [-0.1, -0.05) is 169 Å². The Balaban J connectivity index is 1.32. The standard InChI is InChI=1S/C60H39N3/c1-3-18-40(19-4-1)42-22-15-23-43(36-42)45-37-44(41-20-5-2-6-21-41)38-46(39-45)61-52-29-11-9-26-49(52)50-28-16-35-58(60(50)61)63-55-32-14-10-27-51(55)59-56(33-17-34-57(59)63)62-53-30-12-7-24-47(53)48-25-8-13-31-54(48)62/h1-39H/i1D,2D,3D,4D,5D,6D,7D,8D,9D,11D,12D,13D,14D,15D,16D,17D,18D,19D,20D,21D,22D,23D,24D,25D,26D,27D,28D,29D,30D,31D,32D,33D,34D,35D,36D. The number of nitrogens with zero attached hydrogens (tertiary/aromatic N) is 3. The zero-order valence-corrected chi connectivity index (χ0v) is 31.7. The quantitative estimate of drug-likeness (QED) is 0.158. The highest BCUT2D eigenvalue weighted by atomic mass is 15.1. The topological polar surface area (TPSA) is 14.8 Å². The third-order valence-corrected chi connectivity index (χ3v) is 10.6. The van der Waals surface area contributed by atoms with Crippen LogP contribution in [0, 0.1) is 0 Å². The first-order valence-electron chi connectivity index (χ1n) is 36.3. The number of para-hydroxylation sites is 5. The molecule has 294 valence electrons. The molecule has 0 atom stereocenters. The van der Waals surface area contributed by atoms with E-state index in [0.717, 1.165) is 38.0 Å². The van der Waals surface area contributed by atoms with Crippen LogP contribution in [0.5, 0.6) is 0 Å². The zero-order chi connectivity index (χ0) is 71.9. The lowest BCUT2D eigenvalue weighted by Gasteiger charge is -2.17. The van der Waals surface area contributed by atoms with Gasteiger partial charge in [-0.3, -0.25) is 0 Å². The van der Waals surface area contributed by atoms with Gasteiger partial charge in [0.25, 0.3) is 0 Å². The van der Waals surface area contributed by atoms with Crippen molar-refractivity contribution in [1.29, 1.82) is 0 Å². The van der Waals surface area contributed by atoms with E-state index in [1.54, 1.807) is 0 Å². The molecular weight excluding hydrogens is 763 g/mol. The van der Waals surface area contributed by atoms with Crippen molar-refractivity contribution in [2.45, 2.75) is 0 Å². The first kappa shape index (κ1) is 15.2. The van der Waals surface area contributed by atoms with Gasteiger partial charge in [-0.25, -0.2) is 0 Å². The summed E-state index contributed by atoms with van der Waals surface area (Å²) in [5, 5.41) is -3.51. The second-order valence-corrected chi connectivity index (χ2v) is 13.9. The molecule has 3 nitrogen and oxygen atoms in total. The van der Waals surface area contributed by atoms with E-state index in [1.807, 2.05) is 0 Å². The second-order valence-electron chi connectivity index (χ2n) is 13.9. The number of aromatic nitrogens is 3. The van der Waals surface area contributed by atoms with Crippen molar-refractivity contribution < 1.29 is 48.0 Å². The highest BCUT2D eigenvalue weighted by Crippen LogP contribution is 2.44. The van der Waals surface area contributed by atoms with Crippen molar-refractivity contribution in [1.82, 2.24) is 13.7 Å². The van der Waals surface area contributed by atoms with Crippen LogP contribution in [0.4, 0.5) is 0 Å².